The molecule has 37 heavy (non-hydrogen) atoms. The second kappa shape index (κ2) is 13.1. The summed E-state index contributed by atoms with van der Waals surface area (Å²) in [5, 5.41) is 5.24. The molecule has 3 atom stereocenters. The number of nitrogens with zero attached hydrogens (tertiary/aromatic N) is 1. The molecule has 2 amide bonds. The van der Waals surface area contributed by atoms with Gasteiger partial charge in [0.05, 0.1) is 19.8 Å². The molecule has 7 heteroatoms. The van der Waals surface area contributed by atoms with Gasteiger partial charge in [0.1, 0.15) is 11.8 Å². The standard InChI is InChI=1S/C30H44N2O5/c1-21-17-25(35-5)20-32(21)28(33)27(30(2,3)4)31-29(34)37-16-12-8-7-9-15-24-18-22-13-10-11-14-23(22)19-26(24)36-6/h10-11,13-14,18-19,21,25,27H,7-9,12,15-17,20H2,1-6H3,(H,31,34)/t21-,25+,27-/m1/s1. The number of amides is 2. The highest BCUT2D eigenvalue weighted by atomic mass is 16.5. The van der Waals surface area contributed by atoms with Gasteiger partial charge in [-0.1, -0.05) is 57.9 Å². The summed E-state index contributed by atoms with van der Waals surface area (Å²) in [7, 11) is 3.39. The molecule has 0 bridgehead atoms. The van der Waals surface area contributed by atoms with E-state index in [1.165, 1.54) is 16.3 Å². The first-order chi connectivity index (χ1) is 17.6. The zero-order chi connectivity index (χ0) is 27.0. The van der Waals surface area contributed by atoms with Crippen molar-refractivity contribution in [1.29, 1.82) is 0 Å². The normalized spacial score (nSPS) is 18.6. The molecule has 1 heterocycles. The van der Waals surface area contributed by atoms with E-state index in [-0.39, 0.29) is 18.1 Å². The van der Waals surface area contributed by atoms with Crippen molar-refractivity contribution in [2.45, 2.75) is 84.4 Å². The molecule has 0 radical (unpaired) electrons. The van der Waals surface area contributed by atoms with Gasteiger partial charge in [-0.05, 0) is 66.5 Å². The molecule has 0 aliphatic carbocycles. The number of likely N-dealkylation sites (tertiary alicyclic amines) is 1. The Bertz CT molecular complexity index is 1050. The number of aryl methyl sites for hydroxylation is 1. The van der Waals surface area contributed by atoms with E-state index in [2.05, 4.69) is 35.6 Å². The zero-order valence-electron chi connectivity index (χ0n) is 23.3. The SMILES string of the molecule is COc1cc2ccccc2cc1CCCCCCOC(=O)N[C@H](C(=O)N1C[C@@H](OC)C[C@H]1C)C(C)(C)C. The fraction of sp³-hybridized carbons (Fsp3) is 0.600. The summed E-state index contributed by atoms with van der Waals surface area (Å²) in [5.74, 6) is 0.850. The Morgan fingerprint density at radius 3 is 2.35 bits per heavy atom. The van der Waals surface area contributed by atoms with Crippen molar-refractivity contribution >= 4 is 22.8 Å². The lowest BCUT2D eigenvalue weighted by Gasteiger charge is -2.34. The van der Waals surface area contributed by atoms with Crippen LogP contribution in [0.3, 0.4) is 0 Å². The molecule has 2 aromatic carbocycles. The number of unbranched alkanes of at least 4 members (excludes halogenated alkanes) is 3. The highest BCUT2D eigenvalue weighted by Gasteiger charge is 2.41. The summed E-state index contributed by atoms with van der Waals surface area (Å²) in [6.07, 6.45) is 5.08. The smallest absolute Gasteiger partial charge is 0.407 e. The molecule has 0 unspecified atom stereocenters. The Morgan fingerprint density at radius 1 is 1.05 bits per heavy atom. The fourth-order valence-corrected chi connectivity index (χ4v) is 5.02. The number of alkyl carbamates (subject to hydrolysis) is 1. The maximum absolute atomic E-state index is 13.3. The average Bonchev–Trinajstić information content (AvgIpc) is 3.25. The molecule has 1 N–H and O–H groups in total. The lowest BCUT2D eigenvalue weighted by molar-refractivity contribution is -0.136. The van der Waals surface area contributed by atoms with E-state index in [1.54, 1.807) is 14.2 Å². The van der Waals surface area contributed by atoms with Gasteiger partial charge in [-0.3, -0.25) is 4.79 Å². The molecule has 1 aliphatic heterocycles. The summed E-state index contributed by atoms with van der Waals surface area (Å²) in [5.41, 5.74) is 0.781. The number of hydrogen-bond acceptors (Lipinski definition) is 5. The second-order valence-electron chi connectivity index (χ2n) is 11.2. The van der Waals surface area contributed by atoms with E-state index in [0.29, 0.717) is 13.2 Å². The van der Waals surface area contributed by atoms with Crippen molar-refractivity contribution in [3.8, 4) is 5.75 Å². The predicted molar refractivity (Wildman–Crippen MR) is 147 cm³/mol. The zero-order valence-corrected chi connectivity index (χ0v) is 23.3. The van der Waals surface area contributed by atoms with Crippen LogP contribution >= 0.6 is 0 Å². The van der Waals surface area contributed by atoms with E-state index < -0.39 is 17.6 Å². The third-order valence-corrected chi connectivity index (χ3v) is 7.25. The van der Waals surface area contributed by atoms with Crippen molar-refractivity contribution in [2.24, 2.45) is 5.41 Å². The van der Waals surface area contributed by atoms with Crippen LogP contribution in [0.5, 0.6) is 5.75 Å². The molecule has 1 saturated heterocycles. The summed E-state index contributed by atoms with van der Waals surface area (Å²) in [6.45, 7) is 8.76. The molecule has 204 valence electrons. The number of fused-ring (bicyclic) bond motifs is 1. The first-order valence-corrected chi connectivity index (χ1v) is 13.5. The van der Waals surface area contributed by atoms with Crippen LogP contribution in [-0.2, 0) is 20.7 Å². The molecule has 1 fully saturated rings. The summed E-state index contributed by atoms with van der Waals surface area (Å²) in [4.78, 5) is 27.6. The van der Waals surface area contributed by atoms with E-state index >= 15 is 0 Å². The Morgan fingerprint density at radius 2 is 1.73 bits per heavy atom. The number of ether oxygens (including phenoxy) is 3. The van der Waals surface area contributed by atoms with Crippen molar-refractivity contribution < 1.29 is 23.8 Å². The highest BCUT2D eigenvalue weighted by molar-refractivity contribution is 5.87. The minimum absolute atomic E-state index is 0.0360. The van der Waals surface area contributed by atoms with E-state index in [1.807, 2.05) is 38.7 Å². The van der Waals surface area contributed by atoms with Crippen molar-refractivity contribution in [2.75, 3.05) is 27.4 Å². The molecule has 0 aromatic heterocycles. The third-order valence-electron chi connectivity index (χ3n) is 7.25. The summed E-state index contributed by atoms with van der Waals surface area (Å²) >= 11 is 0. The monoisotopic (exact) mass is 512 g/mol. The predicted octanol–water partition coefficient (Wildman–Crippen LogP) is 5.73. The van der Waals surface area contributed by atoms with Crippen LogP contribution in [0.1, 0.15) is 65.4 Å². The van der Waals surface area contributed by atoms with Crippen LogP contribution in [0.15, 0.2) is 36.4 Å². The number of carbonyl (C=O) groups excluding carboxylic acids is 2. The second-order valence-corrected chi connectivity index (χ2v) is 11.2. The van der Waals surface area contributed by atoms with E-state index in [9.17, 15) is 9.59 Å². The molecule has 0 spiro atoms. The van der Waals surface area contributed by atoms with Crippen LogP contribution < -0.4 is 10.1 Å². The van der Waals surface area contributed by atoms with Gasteiger partial charge in [-0.15, -0.1) is 0 Å². The van der Waals surface area contributed by atoms with Gasteiger partial charge in [0.2, 0.25) is 5.91 Å². The summed E-state index contributed by atoms with van der Waals surface area (Å²) < 4.78 is 16.5. The number of rotatable bonds is 11. The molecule has 0 saturated carbocycles. The molecule has 2 aromatic rings. The van der Waals surface area contributed by atoms with Crippen LogP contribution in [0.25, 0.3) is 10.8 Å². The number of hydrogen-bond donors (Lipinski definition) is 1. The minimum atomic E-state index is -0.657. The van der Waals surface area contributed by atoms with Crippen LogP contribution in [-0.4, -0.2) is 62.5 Å². The number of benzene rings is 2. The number of nitrogens with one attached hydrogen (secondary N) is 1. The van der Waals surface area contributed by atoms with Gasteiger partial charge in [-0.25, -0.2) is 4.79 Å². The Balaban J connectivity index is 1.40. The maximum atomic E-state index is 13.3. The van der Waals surface area contributed by atoms with E-state index in [4.69, 9.17) is 14.2 Å². The topological polar surface area (TPSA) is 77.1 Å². The van der Waals surface area contributed by atoms with Crippen LogP contribution in [0.4, 0.5) is 4.79 Å². The average molecular weight is 513 g/mol. The maximum Gasteiger partial charge on any atom is 0.407 e. The van der Waals surface area contributed by atoms with Gasteiger partial charge >= 0.3 is 6.09 Å². The Kier molecular flexibility index (Phi) is 10.2. The quantitative estimate of drug-likeness (QED) is 0.389. The van der Waals surface area contributed by atoms with Gasteiger partial charge in [-0.2, -0.15) is 0 Å². The highest BCUT2D eigenvalue weighted by Crippen LogP contribution is 2.28. The molecule has 3 rings (SSSR count). The minimum Gasteiger partial charge on any atom is -0.496 e. The third kappa shape index (κ3) is 7.84. The molecular weight excluding hydrogens is 468 g/mol. The van der Waals surface area contributed by atoms with Crippen LogP contribution in [0.2, 0.25) is 0 Å². The fourth-order valence-electron chi connectivity index (χ4n) is 5.02. The first kappa shape index (κ1) is 28.8. The largest absolute Gasteiger partial charge is 0.496 e. The Hall–Kier alpha value is -2.80. The Labute approximate surface area is 221 Å². The van der Waals surface area contributed by atoms with E-state index in [0.717, 1.165) is 44.3 Å². The molecule has 1 aliphatic rings. The van der Waals surface area contributed by atoms with Crippen molar-refractivity contribution in [3.05, 3.63) is 42.0 Å². The van der Waals surface area contributed by atoms with Gasteiger partial charge in [0.15, 0.2) is 0 Å². The van der Waals surface area contributed by atoms with Crippen molar-refractivity contribution in [1.82, 2.24) is 10.2 Å². The lowest BCUT2D eigenvalue weighted by atomic mass is 9.85. The number of carbonyl (C=O) groups is 2. The van der Waals surface area contributed by atoms with Gasteiger partial charge in [0, 0.05) is 19.7 Å². The number of methoxy groups -OCH3 is 2. The first-order valence-electron chi connectivity index (χ1n) is 13.5. The molecule has 7 nitrogen and oxygen atoms in total. The van der Waals surface area contributed by atoms with Gasteiger partial charge in [0.25, 0.3) is 0 Å². The summed E-state index contributed by atoms with van der Waals surface area (Å²) in [6, 6.07) is 12.1. The van der Waals surface area contributed by atoms with Crippen LogP contribution in [0, 0.1) is 5.41 Å². The molecular formula is C30H44N2O5. The lowest BCUT2D eigenvalue weighted by Crippen LogP contribution is -2.55. The van der Waals surface area contributed by atoms with Gasteiger partial charge < -0.3 is 24.4 Å². The van der Waals surface area contributed by atoms with Crippen molar-refractivity contribution in [3.63, 3.8) is 0 Å².